The average molecular weight is 226 g/mol. The van der Waals surface area contributed by atoms with E-state index in [1.54, 1.807) is 4.68 Å². The van der Waals surface area contributed by atoms with Gasteiger partial charge in [0.15, 0.2) is 5.82 Å². The first-order valence-corrected chi connectivity index (χ1v) is 5.47. The van der Waals surface area contributed by atoms with Gasteiger partial charge in [-0.15, -0.1) is 0 Å². The molecule has 0 saturated carbocycles. The minimum absolute atomic E-state index is 0.397. The lowest BCUT2D eigenvalue weighted by molar-refractivity contribution is 0.0572. The molecule has 1 aromatic rings. The molecule has 2 heterocycles. The van der Waals surface area contributed by atoms with Crippen LogP contribution in [0.4, 0.5) is 11.5 Å². The first kappa shape index (κ1) is 11.2. The van der Waals surface area contributed by atoms with E-state index < -0.39 is 12.2 Å². The van der Waals surface area contributed by atoms with E-state index in [0.717, 1.165) is 17.9 Å². The van der Waals surface area contributed by atoms with E-state index in [9.17, 15) is 10.2 Å². The van der Waals surface area contributed by atoms with E-state index in [1.807, 2.05) is 18.9 Å². The first-order chi connectivity index (χ1) is 7.54. The Kier molecular flexibility index (Phi) is 2.77. The third kappa shape index (κ3) is 1.64. The van der Waals surface area contributed by atoms with E-state index in [0.29, 0.717) is 18.8 Å². The molecule has 0 aliphatic carbocycles. The van der Waals surface area contributed by atoms with Gasteiger partial charge in [-0.2, -0.15) is 5.10 Å². The molecule has 0 aromatic carbocycles. The minimum Gasteiger partial charge on any atom is -0.394 e. The molecule has 2 unspecified atom stereocenters. The Morgan fingerprint density at radius 3 is 2.38 bits per heavy atom. The number of hydrogen-bond donors (Lipinski definition) is 3. The van der Waals surface area contributed by atoms with Gasteiger partial charge in [-0.25, -0.2) is 0 Å². The number of anilines is 2. The van der Waals surface area contributed by atoms with Crippen molar-refractivity contribution in [3.8, 4) is 0 Å². The molecular weight excluding hydrogens is 208 g/mol. The summed E-state index contributed by atoms with van der Waals surface area (Å²) in [6.45, 7) is 2.79. The summed E-state index contributed by atoms with van der Waals surface area (Å²) in [4.78, 5) is 1.87. The molecule has 2 rings (SSSR count). The van der Waals surface area contributed by atoms with Crippen LogP contribution in [0, 0.1) is 0 Å². The van der Waals surface area contributed by atoms with Crippen LogP contribution in [0.2, 0.25) is 0 Å². The molecule has 1 aromatic heterocycles. The Morgan fingerprint density at radius 1 is 1.38 bits per heavy atom. The van der Waals surface area contributed by atoms with Crippen LogP contribution in [0.15, 0.2) is 0 Å². The Hall–Kier alpha value is -1.27. The molecule has 1 fully saturated rings. The highest BCUT2D eigenvalue weighted by atomic mass is 16.3. The number of aliphatic hydroxyl groups is 2. The van der Waals surface area contributed by atoms with Crippen molar-refractivity contribution in [1.29, 1.82) is 0 Å². The Balaban J connectivity index is 2.31. The summed E-state index contributed by atoms with van der Waals surface area (Å²) in [7, 11) is 1.82. The summed E-state index contributed by atoms with van der Waals surface area (Å²) in [5, 5.41) is 23.3. The molecule has 6 heteroatoms. The largest absolute Gasteiger partial charge is 0.394 e. The number of rotatable bonds is 2. The predicted molar refractivity (Wildman–Crippen MR) is 61.2 cm³/mol. The fourth-order valence-electron chi connectivity index (χ4n) is 2.16. The van der Waals surface area contributed by atoms with Crippen molar-refractivity contribution >= 4 is 11.5 Å². The fourth-order valence-corrected chi connectivity index (χ4v) is 2.16. The van der Waals surface area contributed by atoms with Gasteiger partial charge in [0.05, 0.1) is 23.6 Å². The summed E-state index contributed by atoms with van der Waals surface area (Å²) >= 11 is 0. The molecule has 1 saturated heterocycles. The monoisotopic (exact) mass is 226 g/mol. The second-order valence-electron chi connectivity index (χ2n) is 4.20. The quantitative estimate of drug-likeness (QED) is 0.608. The van der Waals surface area contributed by atoms with E-state index in [-0.39, 0.29) is 0 Å². The van der Waals surface area contributed by atoms with Gasteiger partial charge in [-0.1, -0.05) is 6.92 Å². The standard InChI is InChI=1S/C10H18N4O2/c1-3-6-9(11)10(13(2)12-6)14-4-7(15)8(16)5-14/h7-8,15-16H,3-5,11H2,1-2H3. The summed E-state index contributed by atoms with van der Waals surface area (Å²) in [6.07, 6.45) is -0.641. The van der Waals surface area contributed by atoms with Crippen LogP contribution in [0.1, 0.15) is 12.6 Å². The van der Waals surface area contributed by atoms with Crippen molar-refractivity contribution in [1.82, 2.24) is 9.78 Å². The number of aromatic nitrogens is 2. The maximum absolute atomic E-state index is 9.51. The summed E-state index contributed by atoms with van der Waals surface area (Å²) in [5.41, 5.74) is 7.50. The average Bonchev–Trinajstić information content (AvgIpc) is 2.69. The van der Waals surface area contributed by atoms with Crippen LogP contribution in [-0.2, 0) is 13.5 Å². The van der Waals surface area contributed by atoms with Gasteiger partial charge < -0.3 is 20.8 Å². The van der Waals surface area contributed by atoms with Gasteiger partial charge in [0.1, 0.15) is 0 Å². The SMILES string of the molecule is CCc1nn(C)c(N2CC(O)C(O)C2)c1N. The van der Waals surface area contributed by atoms with E-state index in [1.165, 1.54) is 0 Å². The topological polar surface area (TPSA) is 87.5 Å². The van der Waals surface area contributed by atoms with Crippen LogP contribution in [0.3, 0.4) is 0 Å². The Labute approximate surface area is 94.3 Å². The van der Waals surface area contributed by atoms with Crippen molar-refractivity contribution in [3.05, 3.63) is 5.69 Å². The zero-order chi connectivity index (χ0) is 11.9. The van der Waals surface area contributed by atoms with Crippen molar-refractivity contribution in [2.24, 2.45) is 7.05 Å². The van der Waals surface area contributed by atoms with E-state index >= 15 is 0 Å². The fraction of sp³-hybridized carbons (Fsp3) is 0.700. The lowest BCUT2D eigenvalue weighted by Crippen LogP contribution is -2.24. The van der Waals surface area contributed by atoms with Gasteiger partial charge >= 0.3 is 0 Å². The molecule has 6 nitrogen and oxygen atoms in total. The number of hydrogen-bond acceptors (Lipinski definition) is 5. The van der Waals surface area contributed by atoms with Crippen LogP contribution in [0.25, 0.3) is 0 Å². The zero-order valence-electron chi connectivity index (χ0n) is 9.59. The molecular formula is C10H18N4O2. The van der Waals surface area contributed by atoms with Gasteiger partial charge in [-0.3, -0.25) is 4.68 Å². The van der Waals surface area contributed by atoms with Crippen LogP contribution >= 0.6 is 0 Å². The molecule has 0 bridgehead atoms. The molecule has 1 aliphatic rings. The van der Waals surface area contributed by atoms with E-state index in [2.05, 4.69) is 5.10 Å². The van der Waals surface area contributed by atoms with Crippen molar-refractivity contribution < 1.29 is 10.2 Å². The first-order valence-electron chi connectivity index (χ1n) is 5.47. The van der Waals surface area contributed by atoms with Gasteiger partial charge in [0, 0.05) is 20.1 Å². The summed E-state index contributed by atoms with van der Waals surface area (Å²) in [5.74, 6) is 0.785. The molecule has 0 spiro atoms. The number of aryl methyl sites for hydroxylation is 2. The smallest absolute Gasteiger partial charge is 0.150 e. The lowest BCUT2D eigenvalue weighted by atomic mass is 10.3. The predicted octanol–water partition coefficient (Wildman–Crippen LogP) is -0.893. The van der Waals surface area contributed by atoms with Crippen molar-refractivity contribution in [2.45, 2.75) is 25.6 Å². The molecule has 1 aliphatic heterocycles. The number of nitrogens with zero attached hydrogens (tertiary/aromatic N) is 3. The molecule has 2 atom stereocenters. The Morgan fingerprint density at radius 2 is 1.94 bits per heavy atom. The summed E-state index contributed by atoms with van der Waals surface area (Å²) < 4.78 is 1.71. The van der Waals surface area contributed by atoms with Gasteiger partial charge in [0.2, 0.25) is 0 Å². The van der Waals surface area contributed by atoms with Gasteiger partial charge in [-0.05, 0) is 6.42 Å². The van der Waals surface area contributed by atoms with Crippen LogP contribution < -0.4 is 10.6 Å². The second-order valence-corrected chi connectivity index (χ2v) is 4.20. The zero-order valence-corrected chi connectivity index (χ0v) is 9.59. The van der Waals surface area contributed by atoms with Crippen molar-refractivity contribution in [3.63, 3.8) is 0 Å². The minimum atomic E-state index is -0.709. The highest BCUT2D eigenvalue weighted by molar-refractivity contribution is 5.67. The number of β-amino-alcohol motifs (C(OH)–C–C–N with tert-alkyl or cyclic N) is 2. The van der Waals surface area contributed by atoms with Gasteiger partial charge in [0.25, 0.3) is 0 Å². The highest BCUT2D eigenvalue weighted by Crippen LogP contribution is 2.29. The maximum atomic E-state index is 9.51. The highest BCUT2D eigenvalue weighted by Gasteiger charge is 2.32. The molecule has 4 N–H and O–H groups in total. The number of aliphatic hydroxyl groups excluding tert-OH is 2. The third-order valence-corrected chi connectivity index (χ3v) is 3.02. The lowest BCUT2D eigenvalue weighted by Gasteiger charge is -2.18. The molecule has 16 heavy (non-hydrogen) atoms. The Bertz CT molecular complexity index is 380. The maximum Gasteiger partial charge on any atom is 0.150 e. The normalized spacial score (nSPS) is 25.4. The molecule has 0 radical (unpaired) electrons. The van der Waals surface area contributed by atoms with Crippen LogP contribution in [0.5, 0.6) is 0 Å². The number of nitrogen functional groups attached to an aromatic ring is 1. The summed E-state index contributed by atoms with van der Waals surface area (Å²) in [6, 6.07) is 0. The van der Waals surface area contributed by atoms with Crippen LogP contribution in [-0.4, -0.2) is 45.3 Å². The van der Waals surface area contributed by atoms with Crippen molar-refractivity contribution in [2.75, 3.05) is 23.7 Å². The van der Waals surface area contributed by atoms with E-state index in [4.69, 9.17) is 5.73 Å². The third-order valence-electron chi connectivity index (χ3n) is 3.02. The molecule has 0 amide bonds. The number of nitrogens with two attached hydrogens (primary N) is 1. The second kappa shape index (κ2) is 3.95. The molecule has 90 valence electrons.